The van der Waals surface area contributed by atoms with E-state index in [0.29, 0.717) is 28.1 Å². The van der Waals surface area contributed by atoms with Crippen molar-refractivity contribution in [3.63, 3.8) is 0 Å². The molecule has 11 rings (SSSR count). The Bertz CT molecular complexity index is 3590. The third-order valence-corrected chi connectivity index (χ3v) is 10.1. The summed E-state index contributed by atoms with van der Waals surface area (Å²) in [6.07, 6.45) is 0. The lowest BCUT2D eigenvalue weighted by atomic mass is 9.96. The quantitative estimate of drug-likeness (QED) is 0.171. The van der Waals surface area contributed by atoms with E-state index in [0.717, 1.165) is 38.6 Å². The van der Waals surface area contributed by atoms with Crippen molar-refractivity contribution in [2.24, 2.45) is 0 Å². The van der Waals surface area contributed by atoms with Crippen LogP contribution in [0.4, 0.5) is 0 Å². The molecule has 3 aromatic heterocycles. The van der Waals surface area contributed by atoms with Gasteiger partial charge >= 0.3 is 0 Å². The highest BCUT2D eigenvalue weighted by Gasteiger charge is 2.18. The number of fused-ring (bicyclic) bond motifs is 6. The van der Waals surface area contributed by atoms with Crippen LogP contribution in [0, 0.1) is 0 Å². The standard InChI is InChI=1S/C51H31N3O2/c1-3-11-32(12-4-1)34-21-23-35(24-22-34)40-18-10-20-46-48(40)42-27-25-39(31-47(42)56-46)51-53-49(37-16-9-15-36(29-37)33-13-5-2-6-14-33)52-50(54-51)38-26-28-45-43(30-38)41-17-7-8-19-44(41)55-45/h1-31H/i10D,18D,20D,25D,27D,31D. The number of furan rings is 2. The van der Waals surface area contributed by atoms with E-state index in [-0.39, 0.29) is 81.0 Å². The predicted molar refractivity (Wildman–Crippen MR) is 227 cm³/mol. The molecule has 0 unspecified atom stereocenters. The Labute approximate surface area is 330 Å². The first-order valence-electron chi connectivity index (χ1n) is 21.2. The summed E-state index contributed by atoms with van der Waals surface area (Å²) in [5, 5.41) is 2.13. The van der Waals surface area contributed by atoms with Gasteiger partial charge in [-0.3, -0.25) is 0 Å². The molecule has 5 nitrogen and oxygen atoms in total. The molecule has 0 aliphatic rings. The molecule has 0 fully saturated rings. The number of hydrogen-bond acceptors (Lipinski definition) is 5. The van der Waals surface area contributed by atoms with Crippen molar-refractivity contribution in [3.05, 3.63) is 188 Å². The minimum atomic E-state index is -0.352. The third-order valence-electron chi connectivity index (χ3n) is 10.1. The van der Waals surface area contributed by atoms with Crippen LogP contribution in [0.1, 0.15) is 8.22 Å². The molecule has 0 bridgehead atoms. The molecule has 0 saturated carbocycles. The summed E-state index contributed by atoms with van der Waals surface area (Å²) in [7, 11) is 0. The van der Waals surface area contributed by atoms with Crippen LogP contribution < -0.4 is 0 Å². The summed E-state index contributed by atoms with van der Waals surface area (Å²) in [5.74, 6) is 0.565. The normalized spacial score (nSPS) is 13.1. The molecule has 0 aliphatic carbocycles. The van der Waals surface area contributed by atoms with Crippen LogP contribution in [0.25, 0.3) is 111 Å². The maximum absolute atomic E-state index is 9.63. The molecule has 3 heterocycles. The van der Waals surface area contributed by atoms with E-state index in [1.165, 1.54) is 0 Å². The molecule has 8 aromatic carbocycles. The van der Waals surface area contributed by atoms with Crippen LogP contribution in [-0.2, 0) is 0 Å². The number of rotatable bonds is 6. The van der Waals surface area contributed by atoms with Crippen molar-refractivity contribution in [3.8, 4) is 67.5 Å². The van der Waals surface area contributed by atoms with Gasteiger partial charge in [0.15, 0.2) is 17.5 Å². The molecule has 0 aliphatic heterocycles. The van der Waals surface area contributed by atoms with Gasteiger partial charge in [0.1, 0.15) is 22.3 Å². The largest absolute Gasteiger partial charge is 0.456 e. The molecule has 0 radical (unpaired) electrons. The van der Waals surface area contributed by atoms with Crippen LogP contribution in [0.3, 0.4) is 0 Å². The number of nitrogens with zero attached hydrogens (tertiary/aromatic N) is 3. The second kappa shape index (κ2) is 13.0. The van der Waals surface area contributed by atoms with Gasteiger partial charge in [-0.2, -0.15) is 0 Å². The molecular weight excluding hydrogens is 687 g/mol. The minimum Gasteiger partial charge on any atom is -0.456 e. The Morgan fingerprint density at radius 3 is 1.71 bits per heavy atom. The van der Waals surface area contributed by atoms with E-state index in [1.54, 1.807) is 0 Å². The number of para-hydroxylation sites is 1. The van der Waals surface area contributed by atoms with Gasteiger partial charge in [-0.25, -0.2) is 15.0 Å². The zero-order valence-corrected chi connectivity index (χ0v) is 29.6. The summed E-state index contributed by atoms with van der Waals surface area (Å²) >= 11 is 0. The average Bonchev–Trinajstić information content (AvgIpc) is 3.90. The Balaban J connectivity index is 1.14. The van der Waals surface area contributed by atoms with Crippen LogP contribution in [0.2, 0.25) is 0 Å². The molecule has 0 spiro atoms. The van der Waals surface area contributed by atoms with Crippen LogP contribution >= 0.6 is 0 Å². The van der Waals surface area contributed by atoms with Crippen LogP contribution in [-0.4, -0.2) is 15.0 Å². The molecule has 262 valence electrons. The number of aromatic nitrogens is 3. The monoisotopic (exact) mass is 723 g/mol. The van der Waals surface area contributed by atoms with Crippen LogP contribution in [0.5, 0.6) is 0 Å². The second-order valence-electron chi connectivity index (χ2n) is 13.5. The summed E-state index contributed by atoms with van der Waals surface area (Å²) in [6.45, 7) is 0. The molecule has 0 N–H and O–H groups in total. The highest BCUT2D eigenvalue weighted by molar-refractivity contribution is 6.13. The van der Waals surface area contributed by atoms with E-state index >= 15 is 0 Å². The SMILES string of the molecule is [2H]c1c([2H])c(-c2ccc(-c3ccccc3)cc2)c2c(oc3c([2H])c(-c4nc(-c5cccc(-c6ccccc6)c5)nc(-c5ccc6oc7ccccc7c6c5)n4)c([2H])c([2H])c32)c1[2H]. The Morgan fingerprint density at radius 2 is 0.929 bits per heavy atom. The van der Waals surface area contributed by atoms with Crippen molar-refractivity contribution in [1.82, 2.24) is 15.0 Å². The maximum Gasteiger partial charge on any atom is 0.164 e. The van der Waals surface area contributed by atoms with E-state index < -0.39 is 0 Å². The minimum absolute atomic E-state index is 0.0108. The summed E-state index contributed by atoms with van der Waals surface area (Å²) < 4.78 is 67.8. The lowest BCUT2D eigenvalue weighted by molar-refractivity contribution is 0.668. The molecule has 0 amide bonds. The van der Waals surface area contributed by atoms with Crippen molar-refractivity contribution >= 4 is 43.9 Å². The fourth-order valence-corrected chi connectivity index (χ4v) is 7.32. The van der Waals surface area contributed by atoms with Gasteiger partial charge in [0.2, 0.25) is 0 Å². The van der Waals surface area contributed by atoms with Gasteiger partial charge in [0.25, 0.3) is 0 Å². The topological polar surface area (TPSA) is 65.0 Å². The molecular formula is C51H31N3O2. The van der Waals surface area contributed by atoms with E-state index in [2.05, 4.69) is 0 Å². The Kier molecular flexibility index (Phi) is 6.10. The van der Waals surface area contributed by atoms with Crippen molar-refractivity contribution in [2.45, 2.75) is 0 Å². The van der Waals surface area contributed by atoms with Gasteiger partial charge in [-0.05, 0) is 81.8 Å². The van der Waals surface area contributed by atoms with Gasteiger partial charge in [0.05, 0.1) is 8.22 Å². The molecule has 56 heavy (non-hydrogen) atoms. The number of hydrogen-bond donors (Lipinski definition) is 0. The van der Waals surface area contributed by atoms with Crippen molar-refractivity contribution in [1.29, 1.82) is 0 Å². The zero-order chi connectivity index (χ0) is 42.2. The number of benzene rings is 8. The first-order valence-corrected chi connectivity index (χ1v) is 18.2. The van der Waals surface area contributed by atoms with E-state index in [9.17, 15) is 4.11 Å². The van der Waals surface area contributed by atoms with Crippen molar-refractivity contribution in [2.75, 3.05) is 0 Å². The summed E-state index contributed by atoms with van der Waals surface area (Å²) in [4.78, 5) is 14.8. The Hall–Kier alpha value is -7.63. The van der Waals surface area contributed by atoms with Gasteiger partial charge < -0.3 is 8.83 Å². The second-order valence-corrected chi connectivity index (χ2v) is 13.5. The van der Waals surface area contributed by atoms with Gasteiger partial charge in [-0.15, -0.1) is 0 Å². The molecule has 5 heteroatoms. The lowest BCUT2D eigenvalue weighted by Gasteiger charge is -2.10. The predicted octanol–water partition coefficient (Wildman–Crippen LogP) is 13.7. The maximum atomic E-state index is 9.63. The average molecular weight is 724 g/mol. The fraction of sp³-hybridized carbons (Fsp3) is 0. The van der Waals surface area contributed by atoms with E-state index in [1.807, 2.05) is 152 Å². The first kappa shape index (κ1) is 26.2. The van der Waals surface area contributed by atoms with Gasteiger partial charge in [0, 0.05) is 38.2 Å². The fourth-order valence-electron chi connectivity index (χ4n) is 7.32. The van der Waals surface area contributed by atoms with Crippen LogP contribution in [0.15, 0.2) is 197 Å². The Morgan fingerprint density at radius 1 is 0.357 bits per heavy atom. The highest BCUT2D eigenvalue weighted by Crippen LogP contribution is 2.39. The highest BCUT2D eigenvalue weighted by atomic mass is 16.3. The summed E-state index contributed by atoms with van der Waals surface area (Å²) in [5.41, 5.74) is 7.35. The summed E-state index contributed by atoms with van der Waals surface area (Å²) in [6, 6.07) is 46.7. The first-order chi connectivity index (χ1) is 30.2. The van der Waals surface area contributed by atoms with Crippen molar-refractivity contribution < 1.29 is 17.1 Å². The molecule has 11 aromatic rings. The lowest BCUT2D eigenvalue weighted by Crippen LogP contribution is -2.00. The van der Waals surface area contributed by atoms with E-state index in [4.69, 9.17) is 27.9 Å². The molecule has 0 saturated heterocycles. The zero-order valence-electron chi connectivity index (χ0n) is 35.6. The molecule has 0 atom stereocenters. The van der Waals surface area contributed by atoms with Gasteiger partial charge in [-0.1, -0.05) is 139 Å². The smallest absolute Gasteiger partial charge is 0.164 e. The third kappa shape index (κ3) is 5.53.